The number of ether oxygens (including phenoxy) is 2. The molecule has 0 amide bonds. The van der Waals surface area contributed by atoms with Crippen LogP contribution >= 0.6 is 0 Å². The van der Waals surface area contributed by atoms with Gasteiger partial charge >= 0.3 is 5.97 Å². The smallest absolute Gasteiger partial charge is 0.354 e. The van der Waals surface area contributed by atoms with E-state index >= 15 is 0 Å². The molecule has 0 aromatic carbocycles. The summed E-state index contributed by atoms with van der Waals surface area (Å²) < 4.78 is 10.3. The molecule has 1 heterocycles. The SMILES string of the molecule is CCOC(=O)/C(=C/C(=N)CC)NC1CCOCC1. The Morgan fingerprint density at radius 1 is 1.44 bits per heavy atom. The molecule has 5 heteroatoms. The molecule has 2 N–H and O–H groups in total. The third-order valence-electron chi connectivity index (χ3n) is 2.78. The molecule has 0 unspecified atom stereocenters. The Balaban J connectivity index is 2.66. The van der Waals surface area contributed by atoms with Gasteiger partial charge in [-0.05, 0) is 32.3 Å². The van der Waals surface area contributed by atoms with Crippen LogP contribution in [0.4, 0.5) is 0 Å². The molecule has 0 aliphatic carbocycles. The van der Waals surface area contributed by atoms with Gasteiger partial charge in [-0.2, -0.15) is 0 Å². The summed E-state index contributed by atoms with van der Waals surface area (Å²) in [6.07, 6.45) is 3.90. The van der Waals surface area contributed by atoms with Gasteiger partial charge in [0.25, 0.3) is 0 Å². The summed E-state index contributed by atoms with van der Waals surface area (Å²) in [5, 5.41) is 10.8. The van der Waals surface area contributed by atoms with E-state index in [0.717, 1.165) is 12.8 Å². The van der Waals surface area contributed by atoms with Crippen LogP contribution in [0.1, 0.15) is 33.1 Å². The third-order valence-corrected chi connectivity index (χ3v) is 2.78. The first-order valence-corrected chi connectivity index (χ1v) is 6.47. The lowest BCUT2D eigenvalue weighted by atomic mass is 10.1. The lowest BCUT2D eigenvalue weighted by Gasteiger charge is -2.24. The molecule has 0 aromatic heterocycles. The summed E-state index contributed by atoms with van der Waals surface area (Å²) in [5.41, 5.74) is 0.799. The number of esters is 1. The van der Waals surface area contributed by atoms with Crippen LogP contribution in [-0.2, 0) is 14.3 Å². The molecule has 0 aromatic rings. The monoisotopic (exact) mass is 254 g/mol. The van der Waals surface area contributed by atoms with E-state index in [1.165, 1.54) is 0 Å². The molecule has 18 heavy (non-hydrogen) atoms. The minimum Gasteiger partial charge on any atom is -0.461 e. The first-order chi connectivity index (χ1) is 8.67. The third kappa shape index (κ3) is 4.87. The zero-order chi connectivity index (χ0) is 13.4. The fraction of sp³-hybridized carbons (Fsp3) is 0.692. The predicted molar refractivity (Wildman–Crippen MR) is 69.7 cm³/mol. The van der Waals surface area contributed by atoms with Crippen LogP contribution in [0, 0.1) is 5.41 Å². The molecule has 5 nitrogen and oxygen atoms in total. The summed E-state index contributed by atoms with van der Waals surface area (Å²) in [6, 6.07) is 0.221. The standard InChI is InChI=1S/C13H22N2O3/c1-3-10(14)9-12(13(16)18-4-2)15-11-5-7-17-8-6-11/h9,11,14-15H,3-8H2,1-2H3/b12-9-,14-10?. The Kier molecular flexibility index (Phi) is 6.43. The van der Waals surface area contributed by atoms with Gasteiger partial charge in [0, 0.05) is 25.0 Å². The second-order valence-electron chi connectivity index (χ2n) is 4.19. The van der Waals surface area contributed by atoms with E-state index in [9.17, 15) is 4.79 Å². The number of carbonyl (C=O) groups excluding carboxylic acids is 1. The maximum absolute atomic E-state index is 11.8. The topological polar surface area (TPSA) is 71.4 Å². The Morgan fingerprint density at radius 3 is 2.67 bits per heavy atom. The summed E-state index contributed by atoms with van der Waals surface area (Å²) in [7, 11) is 0. The van der Waals surface area contributed by atoms with E-state index in [1.807, 2.05) is 6.92 Å². The van der Waals surface area contributed by atoms with Gasteiger partial charge in [0.1, 0.15) is 5.70 Å². The second kappa shape index (κ2) is 7.87. The number of nitrogens with one attached hydrogen (secondary N) is 2. The second-order valence-corrected chi connectivity index (χ2v) is 4.19. The highest BCUT2D eigenvalue weighted by atomic mass is 16.5. The molecular formula is C13H22N2O3. The summed E-state index contributed by atoms with van der Waals surface area (Å²) in [6.45, 7) is 5.41. The van der Waals surface area contributed by atoms with E-state index in [2.05, 4.69) is 5.32 Å². The normalized spacial score (nSPS) is 17.3. The Labute approximate surface area is 108 Å². The minimum absolute atomic E-state index is 0.221. The van der Waals surface area contributed by atoms with Gasteiger partial charge in [-0.1, -0.05) is 6.92 Å². The largest absolute Gasteiger partial charge is 0.461 e. The molecule has 1 fully saturated rings. The van der Waals surface area contributed by atoms with Crippen LogP contribution in [0.2, 0.25) is 0 Å². The molecule has 1 saturated heterocycles. The zero-order valence-electron chi connectivity index (χ0n) is 11.1. The number of carbonyl (C=O) groups is 1. The molecule has 1 aliphatic heterocycles. The van der Waals surface area contributed by atoms with Gasteiger partial charge in [-0.3, -0.25) is 0 Å². The van der Waals surface area contributed by atoms with Crippen molar-refractivity contribution < 1.29 is 14.3 Å². The van der Waals surface area contributed by atoms with Gasteiger partial charge in [-0.15, -0.1) is 0 Å². The fourth-order valence-electron chi connectivity index (χ4n) is 1.71. The molecule has 1 aliphatic rings. The number of hydrogen-bond donors (Lipinski definition) is 2. The highest BCUT2D eigenvalue weighted by molar-refractivity contribution is 6.00. The lowest BCUT2D eigenvalue weighted by molar-refractivity contribution is -0.139. The van der Waals surface area contributed by atoms with Crippen molar-refractivity contribution in [3.05, 3.63) is 11.8 Å². The van der Waals surface area contributed by atoms with E-state index in [0.29, 0.717) is 37.7 Å². The zero-order valence-corrected chi connectivity index (χ0v) is 11.1. The Bertz CT molecular complexity index is 320. The molecule has 0 radical (unpaired) electrons. The minimum atomic E-state index is -0.387. The molecule has 1 rings (SSSR count). The molecule has 102 valence electrons. The van der Waals surface area contributed by atoms with Crippen molar-refractivity contribution in [2.45, 2.75) is 39.2 Å². The fourth-order valence-corrected chi connectivity index (χ4v) is 1.71. The van der Waals surface area contributed by atoms with Gasteiger partial charge in [-0.25, -0.2) is 4.79 Å². The van der Waals surface area contributed by atoms with Crippen molar-refractivity contribution in [3.63, 3.8) is 0 Å². The Hall–Kier alpha value is -1.36. The van der Waals surface area contributed by atoms with E-state index in [-0.39, 0.29) is 12.0 Å². The highest BCUT2D eigenvalue weighted by Crippen LogP contribution is 2.09. The van der Waals surface area contributed by atoms with Crippen LogP contribution in [-0.4, -0.2) is 37.5 Å². The van der Waals surface area contributed by atoms with Crippen molar-refractivity contribution in [3.8, 4) is 0 Å². The number of rotatable bonds is 6. The van der Waals surface area contributed by atoms with Gasteiger partial charge < -0.3 is 20.2 Å². The summed E-state index contributed by atoms with van der Waals surface area (Å²) in [4.78, 5) is 11.8. The van der Waals surface area contributed by atoms with Crippen molar-refractivity contribution in [2.75, 3.05) is 19.8 Å². The summed E-state index contributed by atoms with van der Waals surface area (Å²) >= 11 is 0. The van der Waals surface area contributed by atoms with Gasteiger partial charge in [0.15, 0.2) is 0 Å². The molecule has 0 spiro atoms. The maximum atomic E-state index is 11.8. The van der Waals surface area contributed by atoms with Gasteiger partial charge in [0.2, 0.25) is 0 Å². The predicted octanol–water partition coefficient (Wildman–Crippen LogP) is 1.63. The lowest BCUT2D eigenvalue weighted by Crippen LogP contribution is -2.37. The van der Waals surface area contributed by atoms with Crippen LogP contribution in [0.15, 0.2) is 11.8 Å². The van der Waals surface area contributed by atoms with Gasteiger partial charge in [0.05, 0.1) is 6.61 Å². The summed E-state index contributed by atoms with van der Waals surface area (Å²) in [5.74, 6) is -0.387. The van der Waals surface area contributed by atoms with Crippen molar-refractivity contribution in [1.29, 1.82) is 5.41 Å². The van der Waals surface area contributed by atoms with Crippen molar-refractivity contribution in [2.24, 2.45) is 0 Å². The Morgan fingerprint density at radius 2 is 2.11 bits per heavy atom. The van der Waals surface area contributed by atoms with Crippen LogP contribution in [0.3, 0.4) is 0 Å². The quantitative estimate of drug-likeness (QED) is 0.429. The first-order valence-electron chi connectivity index (χ1n) is 6.47. The van der Waals surface area contributed by atoms with Crippen molar-refractivity contribution in [1.82, 2.24) is 5.32 Å². The average Bonchev–Trinajstić information content (AvgIpc) is 2.39. The maximum Gasteiger partial charge on any atom is 0.354 e. The van der Waals surface area contributed by atoms with Crippen LogP contribution in [0.25, 0.3) is 0 Å². The van der Waals surface area contributed by atoms with E-state index < -0.39 is 0 Å². The van der Waals surface area contributed by atoms with E-state index in [1.54, 1.807) is 13.0 Å². The molecule has 0 bridgehead atoms. The number of hydrogen-bond acceptors (Lipinski definition) is 5. The van der Waals surface area contributed by atoms with Crippen LogP contribution < -0.4 is 5.32 Å². The molecule has 0 saturated carbocycles. The molecule has 0 atom stereocenters. The molecular weight excluding hydrogens is 232 g/mol. The first kappa shape index (κ1) is 14.7. The van der Waals surface area contributed by atoms with E-state index in [4.69, 9.17) is 14.9 Å². The highest BCUT2D eigenvalue weighted by Gasteiger charge is 2.18. The van der Waals surface area contributed by atoms with Crippen molar-refractivity contribution >= 4 is 11.7 Å². The number of allylic oxidation sites excluding steroid dienone is 1. The van der Waals surface area contributed by atoms with Crippen LogP contribution in [0.5, 0.6) is 0 Å². The average molecular weight is 254 g/mol.